The molecule has 1 atom stereocenters. The lowest BCUT2D eigenvalue weighted by molar-refractivity contribution is -0.153. The number of aliphatic hydroxyl groups is 2. The lowest BCUT2D eigenvalue weighted by Gasteiger charge is -2.12. The van der Waals surface area contributed by atoms with Crippen LogP contribution < -0.4 is 0 Å². The topological polar surface area (TPSA) is 66.8 Å². The lowest BCUT2D eigenvalue weighted by Crippen LogP contribution is -2.16. The first-order chi connectivity index (χ1) is 8.54. The zero-order valence-corrected chi connectivity index (χ0v) is 10.4. The molecule has 0 amide bonds. The second-order valence-corrected chi connectivity index (χ2v) is 4.80. The molecule has 0 heterocycles. The van der Waals surface area contributed by atoms with E-state index in [0.717, 1.165) is 18.4 Å². The molecule has 0 radical (unpaired) electrons. The number of esters is 1. The van der Waals surface area contributed by atoms with Gasteiger partial charge in [-0.3, -0.25) is 0 Å². The highest BCUT2D eigenvalue weighted by molar-refractivity contribution is 5.76. The Morgan fingerprint density at radius 2 is 2.22 bits per heavy atom. The number of rotatable bonds is 5. The van der Waals surface area contributed by atoms with Crippen LogP contribution in [0.15, 0.2) is 24.3 Å². The molecule has 1 aliphatic carbocycles. The van der Waals surface area contributed by atoms with Crippen LogP contribution in [0.3, 0.4) is 0 Å². The van der Waals surface area contributed by atoms with Gasteiger partial charge in [-0.15, -0.1) is 0 Å². The van der Waals surface area contributed by atoms with Crippen LogP contribution in [0.25, 0.3) is 0 Å². The van der Waals surface area contributed by atoms with Gasteiger partial charge in [0.05, 0.1) is 12.2 Å². The van der Waals surface area contributed by atoms with E-state index < -0.39 is 17.7 Å². The summed E-state index contributed by atoms with van der Waals surface area (Å²) >= 11 is 0. The number of aliphatic hydroxyl groups excluding tert-OH is 1. The van der Waals surface area contributed by atoms with Crippen LogP contribution in [0.2, 0.25) is 0 Å². The van der Waals surface area contributed by atoms with Crippen LogP contribution in [-0.2, 0) is 16.0 Å². The number of ether oxygens (including phenoxy) is 1. The van der Waals surface area contributed by atoms with E-state index in [1.807, 2.05) is 6.07 Å². The Bertz CT molecular complexity index is 437. The first-order valence-electron chi connectivity index (χ1n) is 6.20. The summed E-state index contributed by atoms with van der Waals surface area (Å²) in [6.07, 6.45) is 0.949. The minimum absolute atomic E-state index is 0.245. The van der Waals surface area contributed by atoms with Crippen molar-refractivity contribution < 1.29 is 19.7 Å². The van der Waals surface area contributed by atoms with Gasteiger partial charge in [0.25, 0.3) is 0 Å². The standard InChI is InChI=1S/C14H18O4/c1-2-18-13(16)12(15)11-5-3-4-10(8-11)9-14(17)6-7-14/h3-5,8,12,15,17H,2,6-7,9H2,1H3. The van der Waals surface area contributed by atoms with E-state index >= 15 is 0 Å². The van der Waals surface area contributed by atoms with Gasteiger partial charge < -0.3 is 14.9 Å². The minimum Gasteiger partial charge on any atom is -0.464 e. The van der Waals surface area contributed by atoms with Crippen molar-refractivity contribution in [1.29, 1.82) is 0 Å². The van der Waals surface area contributed by atoms with E-state index in [0.29, 0.717) is 12.0 Å². The van der Waals surface area contributed by atoms with Gasteiger partial charge in [-0.2, -0.15) is 0 Å². The highest BCUT2D eigenvalue weighted by atomic mass is 16.5. The molecule has 1 saturated carbocycles. The Kier molecular flexibility index (Phi) is 3.68. The van der Waals surface area contributed by atoms with Crippen LogP contribution in [0.1, 0.15) is 37.0 Å². The van der Waals surface area contributed by atoms with Crippen LogP contribution in [0.5, 0.6) is 0 Å². The first kappa shape index (κ1) is 13.1. The molecule has 4 nitrogen and oxygen atoms in total. The van der Waals surface area contributed by atoms with Crippen molar-refractivity contribution in [1.82, 2.24) is 0 Å². The van der Waals surface area contributed by atoms with Gasteiger partial charge in [-0.1, -0.05) is 24.3 Å². The Hall–Kier alpha value is -1.39. The predicted octanol–water partition coefficient (Wildman–Crippen LogP) is 1.35. The fourth-order valence-electron chi connectivity index (χ4n) is 1.93. The minimum atomic E-state index is -1.25. The summed E-state index contributed by atoms with van der Waals surface area (Å²) in [5.74, 6) is -0.639. The number of benzene rings is 1. The molecule has 0 bridgehead atoms. The van der Waals surface area contributed by atoms with E-state index in [1.54, 1.807) is 25.1 Å². The third kappa shape index (κ3) is 3.09. The summed E-state index contributed by atoms with van der Waals surface area (Å²) in [5.41, 5.74) is 0.860. The summed E-state index contributed by atoms with van der Waals surface area (Å²) in [6.45, 7) is 1.94. The number of carbonyl (C=O) groups excluding carboxylic acids is 1. The quantitative estimate of drug-likeness (QED) is 0.774. The molecule has 2 N–H and O–H groups in total. The highest BCUT2D eigenvalue weighted by Crippen LogP contribution is 2.38. The van der Waals surface area contributed by atoms with Gasteiger partial charge in [0.1, 0.15) is 0 Å². The largest absolute Gasteiger partial charge is 0.464 e. The molecular weight excluding hydrogens is 232 g/mol. The third-order valence-electron chi connectivity index (χ3n) is 3.14. The molecule has 18 heavy (non-hydrogen) atoms. The smallest absolute Gasteiger partial charge is 0.339 e. The van der Waals surface area contributed by atoms with Crippen molar-refractivity contribution in [2.24, 2.45) is 0 Å². The number of hydrogen-bond acceptors (Lipinski definition) is 4. The SMILES string of the molecule is CCOC(=O)C(O)c1cccc(CC2(O)CC2)c1. The average molecular weight is 250 g/mol. The maximum Gasteiger partial charge on any atom is 0.339 e. The van der Waals surface area contributed by atoms with Gasteiger partial charge in [0.15, 0.2) is 6.10 Å². The van der Waals surface area contributed by atoms with Crippen LogP contribution >= 0.6 is 0 Å². The fourth-order valence-corrected chi connectivity index (χ4v) is 1.93. The monoisotopic (exact) mass is 250 g/mol. The third-order valence-corrected chi connectivity index (χ3v) is 3.14. The number of hydrogen-bond donors (Lipinski definition) is 2. The Morgan fingerprint density at radius 3 is 2.83 bits per heavy atom. The van der Waals surface area contributed by atoms with Crippen LogP contribution in [0.4, 0.5) is 0 Å². The van der Waals surface area contributed by atoms with Crippen molar-refractivity contribution in [3.63, 3.8) is 0 Å². The molecule has 0 aromatic heterocycles. The fraction of sp³-hybridized carbons (Fsp3) is 0.500. The second-order valence-electron chi connectivity index (χ2n) is 4.80. The maximum atomic E-state index is 11.4. The van der Waals surface area contributed by atoms with Gasteiger partial charge in [-0.05, 0) is 30.9 Å². The van der Waals surface area contributed by atoms with Gasteiger partial charge >= 0.3 is 5.97 Å². The molecule has 1 aromatic carbocycles. The molecule has 98 valence electrons. The normalized spacial score (nSPS) is 18.2. The van der Waals surface area contributed by atoms with E-state index in [2.05, 4.69) is 0 Å². The van der Waals surface area contributed by atoms with Gasteiger partial charge in [-0.25, -0.2) is 4.79 Å². The Morgan fingerprint density at radius 1 is 1.50 bits per heavy atom. The highest BCUT2D eigenvalue weighted by Gasteiger charge is 2.40. The van der Waals surface area contributed by atoms with E-state index in [4.69, 9.17) is 4.74 Å². The molecule has 1 aliphatic rings. The Labute approximate surface area is 106 Å². The van der Waals surface area contributed by atoms with Crippen molar-refractivity contribution in [2.75, 3.05) is 6.61 Å². The van der Waals surface area contributed by atoms with Crippen molar-refractivity contribution in [3.05, 3.63) is 35.4 Å². The zero-order chi connectivity index (χ0) is 13.2. The lowest BCUT2D eigenvalue weighted by atomic mass is 10.0. The number of carbonyl (C=O) groups is 1. The predicted molar refractivity (Wildman–Crippen MR) is 65.9 cm³/mol. The average Bonchev–Trinajstić information content (AvgIpc) is 3.06. The summed E-state index contributed by atoms with van der Waals surface area (Å²) in [4.78, 5) is 11.4. The van der Waals surface area contributed by atoms with E-state index in [1.165, 1.54) is 0 Å². The molecule has 0 spiro atoms. The molecule has 0 saturated heterocycles. The summed E-state index contributed by atoms with van der Waals surface area (Å²) in [6, 6.07) is 7.09. The molecule has 0 aliphatic heterocycles. The molecule has 1 unspecified atom stereocenters. The van der Waals surface area contributed by atoms with Crippen molar-refractivity contribution >= 4 is 5.97 Å². The van der Waals surface area contributed by atoms with Crippen molar-refractivity contribution in [3.8, 4) is 0 Å². The van der Waals surface area contributed by atoms with Crippen LogP contribution in [0, 0.1) is 0 Å². The molecule has 1 fully saturated rings. The Balaban J connectivity index is 2.08. The second kappa shape index (κ2) is 5.08. The molecule has 4 heteroatoms. The zero-order valence-electron chi connectivity index (χ0n) is 10.4. The van der Waals surface area contributed by atoms with E-state index in [9.17, 15) is 15.0 Å². The molecule has 1 aromatic rings. The van der Waals surface area contributed by atoms with Crippen molar-refractivity contribution in [2.45, 2.75) is 37.9 Å². The van der Waals surface area contributed by atoms with Gasteiger partial charge in [0.2, 0.25) is 0 Å². The van der Waals surface area contributed by atoms with Crippen LogP contribution in [-0.4, -0.2) is 28.4 Å². The van der Waals surface area contributed by atoms with E-state index in [-0.39, 0.29) is 6.61 Å². The summed E-state index contributed by atoms with van der Waals surface area (Å²) in [7, 11) is 0. The molecular formula is C14H18O4. The van der Waals surface area contributed by atoms with Gasteiger partial charge in [0, 0.05) is 6.42 Å². The summed E-state index contributed by atoms with van der Waals surface area (Å²) < 4.78 is 4.77. The molecule has 2 rings (SSSR count). The summed E-state index contributed by atoms with van der Waals surface area (Å²) in [5, 5.41) is 19.7. The first-order valence-corrected chi connectivity index (χ1v) is 6.20. The maximum absolute atomic E-state index is 11.4.